The standard InChI is InChI=1S/C19H26O3/c1-12-9-16-8-7-15-6-4-5-13(2)18(15)19(20)21-14(3)11-17(10-12)22-16/h4-6,12,14,16-17H,7-11H2,1-3H3. The van der Waals surface area contributed by atoms with Gasteiger partial charge in [-0.1, -0.05) is 25.1 Å². The van der Waals surface area contributed by atoms with Crippen LogP contribution in [0.5, 0.6) is 0 Å². The molecule has 2 aliphatic heterocycles. The molecule has 0 N–H and O–H groups in total. The molecule has 2 bridgehead atoms. The van der Waals surface area contributed by atoms with Gasteiger partial charge in [-0.25, -0.2) is 4.79 Å². The minimum atomic E-state index is -0.176. The van der Waals surface area contributed by atoms with Crippen molar-refractivity contribution >= 4 is 5.97 Å². The fraction of sp³-hybridized carbons (Fsp3) is 0.632. The largest absolute Gasteiger partial charge is 0.459 e. The third kappa shape index (κ3) is 3.35. The van der Waals surface area contributed by atoms with Gasteiger partial charge in [0.1, 0.15) is 6.10 Å². The Morgan fingerprint density at radius 2 is 1.86 bits per heavy atom. The van der Waals surface area contributed by atoms with E-state index >= 15 is 0 Å². The van der Waals surface area contributed by atoms with Crippen molar-refractivity contribution in [3.05, 3.63) is 34.9 Å². The fourth-order valence-electron chi connectivity index (χ4n) is 3.92. The molecule has 3 heteroatoms. The summed E-state index contributed by atoms with van der Waals surface area (Å²) in [5.74, 6) is 0.509. The van der Waals surface area contributed by atoms with Crippen LogP contribution in [0.15, 0.2) is 18.2 Å². The summed E-state index contributed by atoms with van der Waals surface area (Å²) in [7, 11) is 0. The van der Waals surface area contributed by atoms with E-state index in [2.05, 4.69) is 13.0 Å². The summed E-state index contributed by atoms with van der Waals surface area (Å²) in [4.78, 5) is 12.6. The average molecular weight is 302 g/mol. The lowest BCUT2D eigenvalue weighted by Gasteiger charge is -2.34. The quantitative estimate of drug-likeness (QED) is 0.678. The highest BCUT2D eigenvalue weighted by molar-refractivity contribution is 5.92. The van der Waals surface area contributed by atoms with Crippen LogP contribution < -0.4 is 0 Å². The Balaban J connectivity index is 1.91. The van der Waals surface area contributed by atoms with Gasteiger partial charge in [-0.2, -0.15) is 0 Å². The van der Waals surface area contributed by atoms with E-state index in [4.69, 9.17) is 9.47 Å². The number of cyclic esters (lactones) is 1. The Labute approximate surface area is 133 Å². The lowest BCUT2D eigenvalue weighted by Crippen LogP contribution is -2.34. The third-order valence-corrected chi connectivity index (χ3v) is 4.92. The number of carbonyl (C=O) groups excluding carboxylic acids is 1. The van der Waals surface area contributed by atoms with Crippen molar-refractivity contribution in [3.63, 3.8) is 0 Å². The number of hydrogen-bond acceptors (Lipinski definition) is 3. The zero-order chi connectivity index (χ0) is 15.7. The number of esters is 1. The molecule has 2 aliphatic rings. The van der Waals surface area contributed by atoms with Gasteiger partial charge in [0.25, 0.3) is 0 Å². The normalized spacial score (nSPS) is 32.6. The maximum atomic E-state index is 12.6. The van der Waals surface area contributed by atoms with Crippen LogP contribution in [0.2, 0.25) is 0 Å². The molecule has 0 saturated carbocycles. The van der Waals surface area contributed by atoms with Crippen molar-refractivity contribution in [3.8, 4) is 0 Å². The molecular formula is C19H26O3. The van der Waals surface area contributed by atoms with Gasteiger partial charge < -0.3 is 9.47 Å². The van der Waals surface area contributed by atoms with Crippen LogP contribution in [0.4, 0.5) is 0 Å². The molecule has 0 spiro atoms. The summed E-state index contributed by atoms with van der Waals surface area (Å²) in [6.07, 6.45) is 5.29. The predicted molar refractivity (Wildman–Crippen MR) is 86.1 cm³/mol. The molecule has 1 fully saturated rings. The van der Waals surface area contributed by atoms with Gasteiger partial charge in [0.2, 0.25) is 0 Å². The molecule has 3 nitrogen and oxygen atoms in total. The number of fused-ring (bicyclic) bond motifs is 3. The summed E-state index contributed by atoms with van der Waals surface area (Å²) in [6, 6.07) is 6.06. The minimum Gasteiger partial charge on any atom is -0.459 e. The van der Waals surface area contributed by atoms with Crippen LogP contribution in [0.1, 0.15) is 61.0 Å². The number of rotatable bonds is 0. The fourth-order valence-corrected chi connectivity index (χ4v) is 3.92. The van der Waals surface area contributed by atoms with Gasteiger partial charge in [-0.05, 0) is 56.6 Å². The summed E-state index contributed by atoms with van der Waals surface area (Å²) < 4.78 is 11.9. The number of aryl methyl sites for hydroxylation is 2. The number of ether oxygens (including phenoxy) is 2. The Hall–Kier alpha value is -1.35. The topological polar surface area (TPSA) is 35.5 Å². The molecule has 4 unspecified atom stereocenters. The van der Waals surface area contributed by atoms with Crippen LogP contribution in [-0.4, -0.2) is 24.3 Å². The van der Waals surface area contributed by atoms with E-state index < -0.39 is 0 Å². The lowest BCUT2D eigenvalue weighted by molar-refractivity contribution is -0.0863. The second-order valence-corrected chi connectivity index (χ2v) is 7.06. The van der Waals surface area contributed by atoms with E-state index in [-0.39, 0.29) is 18.2 Å². The summed E-state index contributed by atoms with van der Waals surface area (Å²) in [5, 5.41) is 0. The molecule has 0 aromatic heterocycles. The smallest absolute Gasteiger partial charge is 0.338 e. The van der Waals surface area contributed by atoms with Crippen molar-refractivity contribution in [2.24, 2.45) is 5.92 Å². The van der Waals surface area contributed by atoms with E-state index in [9.17, 15) is 4.79 Å². The predicted octanol–water partition coefficient (Wildman–Crippen LogP) is 4.06. The van der Waals surface area contributed by atoms with Crippen LogP contribution >= 0.6 is 0 Å². The highest BCUT2D eigenvalue weighted by Gasteiger charge is 2.30. The highest BCUT2D eigenvalue weighted by Crippen LogP contribution is 2.31. The summed E-state index contributed by atoms with van der Waals surface area (Å²) in [5.41, 5.74) is 2.86. The number of hydrogen-bond donors (Lipinski definition) is 0. The second-order valence-electron chi connectivity index (χ2n) is 7.06. The molecule has 4 atom stereocenters. The van der Waals surface area contributed by atoms with Crippen LogP contribution in [0.3, 0.4) is 0 Å². The molecule has 2 heterocycles. The van der Waals surface area contributed by atoms with E-state index in [0.29, 0.717) is 12.0 Å². The van der Waals surface area contributed by atoms with Gasteiger partial charge in [-0.15, -0.1) is 0 Å². The molecule has 0 radical (unpaired) electrons. The third-order valence-electron chi connectivity index (χ3n) is 4.92. The molecule has 22 heavy (non-hydrogen) atoms. The molecule has 1 aromatic carbocycles. The van der Waals surface area contributed by atoms with Gasteiger partial charge in [0.15, 0.2) is 0 Å². The first-order valence-corrected chi connectivity index (χ1v) is 8.48. The van der Waals surface area contributed by atoms with Crippen LogP contribution in [-0.2, 0) is 15.9 Å². The van der Waals surface area contributed by atoms with Crippen molar-refractivity contribution in [2.45, 2.75) is 71.2 Å². The first-order chi connectivity index (χ1) is 10.5. The van der Waals surface area contributed by atoms with Crippen molar-refractivity contribution in [1.29, 1.82) is 0 Å². The first-order valence-electron chi connectivity index (χ1n) is 8.48. The number of benzene rings is 1. The van der Waals surface area contributed by atoms with Crippen molar-refractivity contribution in [1.82, 2.24) is 0 Å². The van der Waals surface area contributed by atoms with E-state index in [0.717, 1.165) is 48.8 Å². The maximum Gasteiger partial charge on any atom is 0.338 e. The van der Waals surface area contributed by atoms with E-state index in [1.807, 2.05) is 26.0 Å². The Bertz CT molecular complexity index is 552. The van der Waals surface area contributed by atoms with Gasteiger partial charge >= 0.3 is 5.97 Å². The lowest BCUT2D eigenvalue weighted by atomic mass is 9.88. The molecule has 3 rings (SSSR count). The van der Waals surface area contributed by atoms with Gasteiger partial charge in [-0.3, -0.25) is 0 Å². The SMILES string of the molecule is Cc1cccc2c1C(=O)OC(C)CC1CC(C)CC(CC2)O1. The molecule has 1 aromatic rings. The van der Waals surface area contributed by atoms with Gasteiger partial charge in [0, 0.05) is 6.42 Å². The molecule has 0 amide bonds. The second kappa shape index (κ2) is 6.41. The monoisotopic (exact) mass is 302 g/mol. The Morgan fingerprint density at radius 3 is 2.68 bits per heavy atom. The first kappa shape index (κ1) is 15.5. The number of carbonyl (C=O) groups is 1. The van der Waals surface area contributed by atoms with Crippen molar-refractivity contribution < 1.29 is 14.3 Å². The molecule has 0 aliphatic carbocycles. The molecule has 1 saturated heterocycles. The maximum absolute atomic E-state index is 12.6. The molecular weight excluding hydrogens is 276 g/mol. The summed E-state index contributed by atoms with van der Waals surface area (Å²) >= 11 is 0. The van der Waals surface area contributed by atoms with Crippen LogP contribution in [0.25, 0.3) is 0 Å². The zero-order valence-corrected chi connectivity index (χ0v) is 13.8. The molecule has 120 valence electrons. The van der Waals surface area contributed by atoms with Crippen molar-refractivity contribution in [2.75, 3.05) is 0 Å². The summed E-state index contributed by atoms with van der Waals surface area (Å²) in [6.45, 7) is 6.27. The average Bonchev–Trinajstić information content (AvgIpc) is 2.44. The van der Waals surface area contributed by atoms with E-state index in [1.165, 1.54) is 0 Å². The van der Waals surface area contributed by atoms with Crippen LogP contribution in [0, 0.1) is 12.8 Å². The Kier molecular flexibility index (Phi) is 4.53. The highest BCUT2D eigenvalue weighted by atomic mass is 16.5. The van der Waals surface area contributed by atoms with Gasteiger partial charge in [0.05, 0.1) is 17.8 Å². The minimum absolute atomic E-state index is 0.103. The van der Waals surface area contributed by atoms with E-state index in [1.54, 1.807) is 0 Å². The zero-order valence-electron chi connectivity index (χ0n) is 13.8. The Morgan fingerprint density at radius 1 is 1.09 bits per heavy atom.